The molecule has 4 bridgehead atoms. The molecule has 1 heterocycles. The molecular weight excluding hydrogens is 339 g/mol. The van der Waals surface area contributed by atoms with Gasteiger partial charge in [0.15, 0.2) is 0 Å². The average Bonchev–Trinajstić information content (AvgIpc) is 3.07. The Morgan fingerprint density at radius 1 is 1.07 bits per heavy atom. The highest BCUT2D eigenvalue weighted by molar-refractivity contribution is 5.83. The molecular formula is C23H31FN2O. The van der Waals surface area contributed by atoms with Gasteiger partial charge < -0.3 is 10.2 Å². The van der Waals surface area contributed by atoms with Gasteiger partial charge in [0.1, 0.15) is 5.82 Å². The molecule has 1 atom stereocenters. The molecule has 0 aromatic heterocycles. The zero-order valence-electron chi connectivity index (χ0n) is 16.1. The summed E-state index contributed by atoms with van der Waals surface area (Å²) in [6.45, 7) is 2.99. The van der Waals surface area contributed by atoms with Crippen molar-refractivity contribution in [2.75, 3.05) is 19.6 Å². The van der Waals surface area contributed by atoms with Gasteiger partial charge in [-0.1, -0.05) is 12.1 Å². The predicted octanol–water partition coefficient (Wildman–Crippen LogP) is 3.78. The fraction of sp³-hybridized carbons (Fsp3) is 0.696. The maximum atomic E-state index is 13.2. The van der Waals surface area contributed by atoms with Crippen LogP contribution in [0.5, 0.6) is 0 Å². The molecule has 3 nitrogen and oxygen atoms in total. The zero-order chi connectivity index (χ0) is 18.4. The first-order chi connectivity index (χ1) is 13.1. The number of benzene rings is 1. The van der Waals surface area contributed by atoms with E-state index in [1.807, 2.05) is 12.1 Å². The molecule has 1 saturated heterocycles. The number of hydrogen-bond donors (Lipinski definition) is 1. The summed E-state index contributed by atoms with van der Waals surface area (Å²) in [7, 11) is 0. The summed E-state index contributed by atoms with van der Waals surface area (Å²) < 4.78 is 13.0. The first-order valence-electron chi connectivity index (χ1n) is 10.9. The summed E-state index contributed by atoms with van der Waals surface area (Å²) in [4.78, 5) is 15.6. The van der Waals surface area contributed by atoms with E-state index in [1.165, 1.54) is 37.0 Å². The quantitative estimate of drug-likeness (QED) is 0.856. The topological polar surface area (TPSA) is 32.3 Å². The summed E-state index contributed by atoms with van der Waals surface area (Å²) >= 11 is 0. The number of carbonyl (C=O) groups excluding carboxylic acids is 1. The highest BCUT2D eigenvalue weighted by Crippen LogP contribution is 2.60. The van der Waals surface area contributed by atoms with Gasteiger partial charge in [-0.05, 0) is 86.8 Å². The Kier molecular flexibility index (Phi) is 4.50. The molecule has 5 fully saturated rings. The van der Waals surface area contributed by atoms with Crippen molar-refractivity contribution in [3.63, 3.8) is 0 Å². The van der Waals surface area contributed by atoms with Crippen LogP contribution in [0.3, 0.4) is 0 Å². The lowest BCUT2D eigenvalue weighted by Crippen LogP contribution is -2.55. The van der Waals surface area contributed by atoms with Crippen molar-refractivity contribution in [1.29, 1.82) is 0 Å². The molecule has 1 aromatic carbocycles. The fourth-order valence-electron chi connectivity index (χ4n) is 6.82. The maximum absolute atomic E-state index is 13.2. The second-order valence-electron chi connectivity index (χ2n) is 9.83. The Morgan fingerprint density at radius 2 is 1.70 bits per heavy atom. The molecule has 27 heavy (non-hydrogen) atoms. The average molecular weight is 371 g/mol. The third-order valence-electron chi connectivity index (χ3n) is 7.76. The van der Waals surface area contributed by atoms with E-state index < -0.39 is 0 Å². The minimum atomic E-state index is -0.174. The largest absolute Gasteiger partial charge is 0.352 e. The minimum absolute atomic E-state index is 0.0315. The summed E-state index contributed by atoms with van der Waals surface area (Å²) in [5.41, 5.74) is 1.15. The first kappa shape index (κ1) is 17.7. The normalized spacial score (nSPS) is 37.7. The van der Waals surface area contributed by atoms with Crippen LogP contribution >= 0.6 is 0 Å². The Morgan fingerprint density at radius 3 is 2.33 bits per heavy atom. The van der Waals surface area contributed by atoms with E-state index in [2.05, 4.69) is 10.2 Å². The molecule has 1 unspecified atom stereocenters. The summed E-state index contributed by atoms with van der Waals surface area (Å²) in [5.74, 6) is 2.65. The van der Waals surface area contributed by atoms with E-state index in [0.717, 1.165) is 69.5 Å². The molecule has 0 radical (unpaired) electrons. The van der Waals surface area contributed by atoms with Crippen LogP contribution in [0.1, 0.15) is 50.5 Å². The number of amides is 1. The van der Waals surface area contributed by atoms with Gasteiger partial charge in [-0.25, -0.2) is 4.39 Å². The Balaban J connectivity index is 1.13. The SMILES string of the molecule is O=C(NC1CCN(CCc2ccc(F)cc2)C1)C12CC3CC(CC(C3)C1)C2. The molecule has 146 valence electrons. The van der Waals surface area contributed by atoms with Crippen molar-refractivity contribution in [2.24, 2.45) is 23.2 Å². The van der Waals surface area contributed by atoms with Crippen molar-refractivity contribution in [1.82, 2.24) is 10.2 Å². The van der Waals surface area contributed by atoms with Crippen LogP contribution in [0.4, 0.5) is 4.39 Å². The van der Waals surface area contributed by atoms with Gasteiger partial charge >= 0.3 is 0 Å². The molecule has 6 rings (SSSR count). The van der Waals surface area contributed by atoms with Crippen LogP contribution in [0.2, 0.25) is 0 Å². The second kappa shape index (κ2) is 6.88. The van der Waals surface area contributed by atoms with E-state index in [-0.39, 0.29) is 11.2 Å². The van der Waals surface area contributed by atoms with Crippen LogP contribution in [-0.4, -0.2) is 36.5 Å². The van der Waals surface area contributed by atoms with Crippen molar-refractivity contribution < 1.29 is 9.18 Å². The molecule has 4 saturated carbocycles. The number of likely N-dealkylation sites (tertiary alicyclic amines) is 1. The second-order valence-corrected chi connectivity index (χ2v) is 9.83. The zero-order valence-corrected chi connectivity index (χ0v) is 16.1. The summed E-state index contributed by atoms with van der Waals surface area (Å²) in [5, 5.41) is 3.44. The number of carbonyl (C=O) groups is 1. The maximum Gasteiger partial charge on any atom is 0.226 e. The molecule has 1 amide bonds. The number of nitrogens with one attached hydrogen (secondary N) is 1. The highest BCUT2D eigenvalue weighted by Gasteiger charge is 2.54. The third kappa shape index (κ3) is 3.53. The first-order valence-corrected chi connectivity index (χ1v) is 10.9. The standard InChI is InChI=1S/C23H31FN2O/c24-20-3-1-16(2-4-20)5-7-26-8-6-21(15-26)25-22(27)23-12-17-9-18(13-23)11-19(10-17)14-23/h1-4,17-19,21H,5-15H2,(H,25,27). The monoisotopic (exact) mass is 370 g/mol. The van der Waals surface area contributed by atoms with Gasteiger partial charge in [-0.2, -0.15) is 0 Å². The van der Waals surface area contributed by atoms with Gasteiger partial charge in [0.25, 0.3) is 0 Å². The van der Waals surface area contributed by atoms with E-state index in [9.17, 15) is 9.18 Å². The van der Waals surface area contributed by atoms with Crippen LogP contribution in [-0.2, 0) is 11.2 Å². The summed E-state index contributed by atoms with van der Waals surface area (Å²) in [6.07, 6.45) is 9.58. The molecule has 4 aliphatic carbocycles. The fourth-order valence-corrected chi connectivity index (χ4v) is 6.82. The van der Waals surface area contributed by atoms with Crippen LogP contribution in [0.15, 0.2) is 24.3 Å². The minimum Gasteiger partial charge on any atom is -0.352 e. The highest BCUT2D eigenvalue weighted by atomic mass is 19.1. The number of hydrogen-bond acceptors (Lipinski definition) is 2. The van der Waals surface area contributed by atoms with Crippen LogP contribution in [0, 0.1) is 29.0 Å². The van der Waals surface area contributed by atoms with E-state index >= 15 is 0 Å². The van der Waals surface area contributed by atoms with Gasteiger partial charge in [-0.15, -0.1) is 0 Å². The number of rotatable bonds is 5. The van der Waals surface area contributed by atoms with E-state index in [1.54, 1.807) is 0 Å². The predicted molar refractivity (Wildman–Crippen MR) is 104 cm³/mol. The Labute approximate surface area is 161 Å². The van der Waals surface area contributed by atoms with Gasteiger partial charge in [-0.3, -0.25) is 4.79 Å². The van der Waals surface area contributed by atoms with Crippen molar-refractivity contribution >= 4 is 5.91 Å². The van der Waals surface area contributed by atoms with Gasteiger partial charge in [0, 0.05) is 31.1 Å². The molecule has 1 aromatic rings. The van der Waals surface area contributed by atoms with Crippen LogP contribution in [0.25, 0.3) is 0 Å². The Hall–Kier alpha value is -1.42. The van der Waals surface area contributed by atoms with Crippen molar-refractivity contribution in [2.45, 2.75) is 57.4 Å². The van der Waals surface area contributed by atoms with E-state index in [0.29, 0.717) is 11.9 Å². The molecule has 1 N–H and O–H groups in total. The summed E-state index contributed by atoms with van der Waals surface area (Å²) in [6, 6.07) is 7.12. The van der Waals surface area contributed by atoms with Gasteiger partial charge in [0.05, 0.1) is 0 Å². The van der Waals surface area contributed by atoms with Crippen LogP contribution < -0.4 is 5.32 Å². The third-order valence-corrected chi connectivity index (χ3v) is 7.76. The molecule has 0 spiro atoms. The molecule has 4 heteroatoms. The molecule has 5 aliphatic rings. The number of nitrogens with zero attached hydrogens (tertiary/aromatic N) is 1. The van der Waals surface area contributed by atoms with Gasteiger partial charge in [0.2, 0.25) is 5.91 Å². The lowest BCUT2D eigenvalue weighted by atomic mass is 9.49. The van der Waals surface area contributed by atoms with E-state index in [4.69, 9.17) is 0 Å². The molecule has 1 aliphatic heterocycles. The number of halogens is 1. The van der Waals surface area contributed by atoms with Crippen molar-refractivity contribution in [3.05, 3.63) is 35.6 Å². The van der Waals surface area contributed by atoms with Crippen molar-refractivity contribution in [3.8, 4) is 0 Å². The lowest BCUT2D eigenvalue weighted by Gasteiger charge is -2.55. The lowest BCUT2D eigenvalue weighted by molar-refractivity contribution is -0.146. The Bertz CT molecular complexity index is 666. The smallest absolute Gasteiger partial charge is 0.226 e.